The Morgan fingerprint density at radius 3 is 2.44 bits per heavy atom. The summed E-state index contributed by atoms with van der Waals surface area (Å²) in [6.07, 6.45) is 0. The first-order chi connectivity index (χ1) is 8.56. The molecule has 0 spiro atoms. The predicted octanol–water partition coefficient (Wildman–Crippen LogP) is 4.47. The standard InChI is InChI=1S/C14H13BrFNO/c1-9(13-7-2-10(15)8-14(13)16)17-11-3-5-12(18)6-4-11/h2-9,17-18H,1H3. The van der Waals surface area contributed by atoms with Crippen LogP contribution in [-0.4, -0.2) is 5.11 Å². The molecule has 0 aliphatic carbocycles. The zero-order chi connectivity index (χ0) is 13.1. The van der Waals surface area contributed by atoms with Crippen molar-refractivity contribution in [3.63, 3.8) is 0 Å². The summed E-state index contributed by atoms with van der Waals surface area (Å²) < 4.78 is 14.5. The first-order valence-corrected chi connectivity index (χ1v) is 6.36. The van der Waals surface area contributed by atoms with Gasteiger partial charge in [0.25, 0.3) is 0 Å². The molecule has 0 fully saturated rings. The molecular formula is C14H13BrFNO. The Hall–Kier alpha value is -1.55. The Balaban J connectivity index is 2.16. The van der Waals surface area contributed by atoms with E-state index in [2.05, 4.69) is 21.2 Å². The average molecular weight is 310 g/mol. The predicted molar refractivity (Wildman–Crippen MR) is 74.2 cm³/mol. The number of phenols is 1. The lowest BCUT2D eigenvalue weighted by molar-refractivity contribution is 0.475. The number of hydrogen-bond acceptors (Lipinski definition) is 2. The molecule has 0 aliphatic rings. The molecule has 94 valence electrons. The van der Waals surface area contributed by atoms with Crippen LogP contribution in [0.2, 0.25) is 0 Å². The number of hydrogen-bond donors (Lipinski definition) is 2. The molecule has 2 rings (SSSR count). The second kappa shape index (κ2) is 5.40. The third-order valence-electron chi connectivity index (χ3n) is 2.68. The highest BCUT2D eigenvalue weighted by Crippen LogP contribution is 2.24. The highest BCUT2D eigenvalue weighted by Gasteiger charge is 2.10. The lowest BCUT2D eigenvalue weighted by Gasteiger charge is -2.16. The maximum Gasteiger partial charge on any atom is 0.129 e. The minimum Gasteiger partial charge on any atom is -0.508 e. The Morgan fingerprint density at radius 1 is 1.17 bits per heavy atom. The van der Waals surface area contributed by atoms with Crippen LogP contribution < -0.4 is 5.32 Å². The van der Waals surface area contributed by atoms with E-state index in [4.69, 9.17) is 0 Å². The third-order valence-corrected chi connectivity index (χ3v) is 3.17. The molecule has 2 nitrogen and oxygen atoms in total. The molecule has 2 aromatic rings. The first-order valence-electron chi connectivity index (χ1n) is 5.57. The number of rotatable bonds is 3. The van der Waals surface area contributed by atoms with Gasteiger partial charge < -0.3 is 10.4 Å². The average Bonchev–Trinajstić information content (AvgIpc) is 2.32. The zero-order valence-corrected chi connectivity index (χ0v) is 11.4. The summed E-state index contributed by atoms with van der Waals surface area (Å²) in [5, 5.41) is 12.4. The van der Waals surface area contributed by atoms with Crippen molar-refractivity contribution < 1.29 is 9.50 Å². The van der Waals surface area contributed by atoms with Crippen LogP contribution in [0.25, 0.3) is 0 Å². The van der Waals surface area contributed by atoms with Gasteiger partial charge in [0, 0.05) is 15.7 Å². The summed E-state index contributed by atoms with van der Waals surface area (Å²) >= 11 is 3.23. The molecule has 0 aliphatic heterocycles. The normalized spacial score (nSPS) is 12.2. The molecule has 2 aromatic carbocycles. The van der Waals surface area contributed by atoms with E-state index < -0.39 is 0 Å². The van der Waals surface area contributed by atoms with Crippen LogP contribution >= 0.6 is 15.9 Å². The zero-order valence-electron chi connectivity index (χ0n) is 9.82. The molecule has 0 saturated heterocycles. The maximum absolute atomic E-state index is 13.8. The summed E-state index contributed by atoms with van der Waals surface area (Å²) in [7, 11) is 0. The summed E-state index contributed by atoms with van der Waals surface area (Å²) in [6, 6.07) is 11.5. The van der Waals surface area contributed by atoms with Crippen molar-refractivity contribution in [3.05, 3.63) is 58.3 Å². The van der Waals surface area contributed by atoms with Crippen LogP contribution in [0.1, 0.15) is 18.5 Å². The summed E-state index contributed by atoms with van der Waals surface area (Å²) in [5.41, 5.74) is 1.44. The van der Waals surface area contributed by atoms with E-state index in [-0.39, 0.29) is 17.6 Å². The van der Waals surface area contributed by atoms with Gasteiger partial charge in [0.2, 0.25) is 0 Å². The quantitative estimate of drug-likeness (QED) is 0.820. The fourth-order valence-electron chi connectivity index (χ4n) is 1.74. The number of benzene rings is 2. The molecule has 4 heteroatoms. The molecule has 0 radical (unpaired) electrons. The number of anilines is 1. The van der Waals surface area contributed by atoms with Crippen molar-refractivity contribution in [1.29, 1.82) is 0 Å². The van der Waals surface area contributed by atoms with Crippen LogP contribution in [0.5, 0.6) is 5.75 Å². The van der Waals surface area contributed by atoms with Gasteiger partial charge in [0.05, 0.1) is 6.04 Å². The Bertz CT molecular complexity index is 542. The molecule has 1 unspecified atom stereocenters. The van der Waals surface area contributed by atoms with Gasteiger partial charge in [-0.3, -0.25) is 0 Å². The molecule has 0 heterocycles. The Morgan fingerprint density at radius 2 is 1.83 bits per heavy atom. The lowest BCUT2D eigenvalue weighted by Crippen LogP contribution is -2.08. The number of phenolic OH excluding ortho intramolecular Hbond substituents is 1. The first kappa shape index (κ1) is 12.9. The molecule has 18 heavy (non-hydrogen) atoms. The minimum absolute atomic E-state index is 0.150. The number of nitrogens with one attached hydrogen (secondary N) is 1. The van der Waals surface area contributed by atoms with Crippen LogP contribution in [0.3, 0.4) is 0 Å². The Kier molecular flexibility index (Phi) is 3.87. The van der Waals surface area contributed by atoms with Crippen LogP contribution in [0, 0.1) is 5.82 Å². The van der Waals surface area contributed by atoms with Crippen LogP contribution in [0.4, 0.5) is 10.1 Å². The second-order valence-corrected chi connectivity index (χ2v) is 4.99. The maximum atomic E-state index is 13.8. The fourth-order valence-corrected chi connectivity index (χ4v) is 2.07. The third kappa shape index (κ3) is 3.01. The van der Waals surface area contributed by atoms with Crippen LogP contribution in [-0.2, 0) is 0 Å². The molecule has 2 N–H and O–H groups in total. The van der Waals surface area contributed by atoms with E-state index in [1.165, 1.54) is 6.07 Å². The Labute approximate surface area is 114 Å². The van der Waals surface area contributed by atoms with Crippen molar-refractivity contribution in [3.8, 4) is 5.75 Å². The van der Waals surface area contributed by atoms with Gasteiger partial charge in [-0.1, -0.05) is 22.0 Å². The minimum atomic E-state index is -0.247. The smallest absolute Gasteiger partial charge is 0.129 e. The number of halogens is 2. The highest BCUT2D eigenvalue weighted by atomic mass is 79.9. The highest BCUT2D eigenvalue weighted by molar-refractivity contribution is 9.10. The molecule has 0 amide bonds. The van der Waals surface area contributed by atoms with E-state index in [0.717, 1.165) is 10.2 Å². The van der Waals surface area contributed by atoms with Crippen molar-refractivity contribution in [2.24, 2.45) is 0 Å². The van der Waals surface area contributed by atoms with E-state index >= 15 is 0 Å². The van der Waals surface area contributed by atoms with Gasteiger partial charge in [-0.05, 0) is 43.3 Å². The van der Waals surface area contributed by atoms with E-state index in [1.54, 1.807) is 30.3 Å². The van der Waals surface area contributed by atoms with Crippen molar-refractivity contribution in [2.75, 3.05) is 5.32 Å². The van der Waals surface area contributed by atoms with Gasteiger partial charge in [-0.25, -0.2) is 4.39 Å². The van der Waals surface area contributed by atoms with Crippen LogP contribution in [0.15, 0.2) is 46.9 Å². The van der Waals surface area contributed by atoms with Crippen molar-refractivity contribution in [1.82, 2.24) is 0 Å². The SMILES string of the molecule is CC(Nc1ccc(O)cc1)c1ccc(Br)cc1F. The summed E-state index contributed by atoms with van der Waals surface area (Å²) in [6.45, 7) is 1.89. The van der Waals surface area contributed by atoms with Crippen molar-refractivity contribution >= 4 is 21.6 Å². The molecule has 1 atom stereocenters. The molecule has 0 bridgehead atoms. The molecular weight excluding hydrogens is 297 g/mol. The number of aromatic hydroxyl groups is 1. The van der Waals surface area contributed by atoms with Gasteiger partial charge in [0.15, 0.2) is 0 Å². The van der Waals surface area contributed by atoms with E-state index in [1.807, 2.05) is 13.0 Å². The van der Waals surface area contributed by atoms with Gasteiger partial charge in [0.1, 0.15) is 11.6 Å². The van der Waals surface area contributed by atoms with Gasteiger partial charge >= 0.3 is 0 Å². The monoisotopic (exact) mass is 309 g/mol. The molecule has 0 saturated carbocycles. The fraction of sp³-hybridized carbons (Fsp3) is 0.143. The largest absolute Gasteiger partial charge is 0.508 e. The molecule has 0 aromatic heterocycles. The van der Waals surface area contributed by atoms with Crippen molar-refractivity contribution in [2.45, 2.75) is 13.0 Å². The van der Waals surface area contributed by atoms with E-state index in [0.29, 0.717) is 5.56 Å². The van der Waals surface area contributed by atoms with E-state index in [9.17, 15) is 9.50 Å². The summed E-state index contributed by atoms with van der Waals surface area (Å²) in [5.74, 6) is -0.0359. The van der Waals surface area contributed by atoms with Gasteiger partial charge in [-0.2, -0.15) is 0 Å². The topological polar surface area (TPSA) is 32.3 Å². The second-order valence-electron chi connectivity index (χ2n) is 4.08. The summed E-state index contributed by atoms with van der Waals surface area (Å²) in [4.78, 5) is 0. The lowest BCUT2D eigenvalue weighted by atomic mass is 10.1. The van der Waals surface area contributed by atoms with Gasteiger partial charge in [-0.15, -0.1) is 0 Å².